The number of hydrazone groups is 1. The van der Waals surface area contributed by atoms with Gasteiger partial charge in [-0.1, -0.05) is 18.2 Å². The molecule has 1 heterocycles. The molecule has 1 aliphatic heterocycles. The molecule has 0 aliphatic carbocycles. The van der Waals surface area contributed by atoms with Gasteiger partial charge in [0, 0.05) is 25.5 Å². The van der Waals surface area contributed by atoms with Gasteiger partial charge in [0.2, 0.25) is 11.8 Å². The summed E-state index contributed by atoms with van der Waals surface area (Å²) in [6, 6.07) is 12.6. The fraction of sp³-hybridized carbons (Fsp3) is 0.158. The average molecular weight is 368 g/mol. The lowest BCUT2D eigenvalue weighted by Crippen LogP contribution is -2.36. The summed E-state index contributed by atoms with van der Waals surface area (Å²) in [5.74, 6) is -1.73. The number of rotatable bonds is 4. The monoisotopic (exact) mass is 368 g/mol. The van der Waals surface area contributed by atoms with Gasteiger partial charge < -0.3 is 10.6 Å². The molecule has 2 N–H and O–H groups in total. The number of benzene rings is 2. The predicted octanol–water partition coefficient (Wildman–Crippen LogP) is 2.91. The number of nitrogens with one attached hydrogen (secondary N) is 2. The Labute approximate surface area is 154 Å². The Morgan fingerprint density at radius 3 is 2.52 bits per heavy atom. The number of para-hydroxylation sites is 1. The first-order valence-corrected chi connectivity index (χ1v) is 8.28. The van der Waals surface area contributed by atoms with Gasteiger partial charge in [-0.3, -0.25) is 14.4 Å². The highest BCUT2D eigenvalue weighted by molar-refractivity contribution is 6.44. The van der Waals surface area contributed by atoms with E-state index in [0.717, 1.165) is 6.07 Å². The third kappa shape index (κ3) is 4.35. The fourth-order valence-corrected chi connectivity index (χ4v) is 2.58. The lowest BCUT2D eigenvalue weighted by atomic mass is 10.1. The Balaban J connectivity index is 1.79. The van der Waals surface area contributed by atoms with Crippen LogP contribution in [0.3, 0.4) is 0 Å². The SMILES string of the molecule is CC(=O)Nc1cc(NC(=O)C2=NN(c3ccccc3)C(=O)CC2)ccc1F. The molecule has 0 unspecified atom stereocenters. The normalized spacial score (nSPS) is 13.8. The van der Waals surface area contributed by atoms with Crippen LogP contribution in [0, 0.1) is 5.82 Å². The van der Waals surface area contributed by atoms with Crippen molar-refractivity contribution in [2.24, 2.45) is 5.10 Å². The number of halogens is 1. The van der Waals surface area contributed by atoms with E-state index in [0.29, 0.717) is 11.4 Å². The topological polar surface area (TPSA) is 90.9 Å². The average Bonchev–Trinajstić information content (AvgIpc) is 2.65. The second-order valence-corrected chi connectivity index (χ2v) is 5.92. The van der Waals surface area contributed by atoms with Crippen LogP contribution in [0.4, 0.5) is 21.5 Å². The van der Waals surface area contributed by atoms with Crippen LogP contribution in [0.15, 0.2) is 53.6 Å². The molecule has 27 heavy (non-hydrogen) atoms. The second kappa shape index (κ2) is 7.77. The fourth-order valence-electron chi connectivity index (χ4n) is 2.58. The molecular weight excluding hydrogens is 351 g/mol. The molecule has 2 aromatic carbocycles. The summed E-state index contributed by atoms with van der Waals surface area (Å²) in [5, 5.41) is 10.3. The van der Waals surface area contributed by atoms with Crippen LogP contribution in [-0.4, -0.2) is 23.4 Å². The van der Waals surface area contributed by atoms with Gasteiger partial charge in [-0.05, 0) is 30.3 Å². The summed E-state index contributed by atoms with van der Waals surface area (Å²) >= 11 is 0. The van der Waals surface area contributed by atoms with E-state index >= 15 is 0 Å². The van der Waals surface area contributed by atoms with Crippen LogP contribution in [0.2, 0.25) is 0 Å². The first-order valence-electron chi connectivity index (χ1n) is 8.28. The maximum atomic E-state index is 13.7. The third-order valence-electron chi connectivity index (χ3n) is 3.83. The molecule has 0 radical (unpaired) electrons. The Morgan fingerprint density at radius 1 is 1.07 bits per heavy atom. The molecule has 0 spiro atoms. The number of anilines is 3. The smallest absolute Gasteiger partial charge is 0.271 e. The van der Waals surface area contributed by atoms with Crippen molar-refractivity contribution in [3.63, 3.8) is 0 Å². The summed E-state index contributed by atoms with van der Waals surface area (Å²) in [6.07, 6.45) is 0.357. The molecular formula is C19H17FN4O3. The maximum Gasteiger partial charge on any atom is 0.271 e. The molecule has 0 bridgehead atoms. The van der Waals surface area contributed by atoms with Crippen molar-refractivity contribution >= 4 is 40.5 Å². The largest absolute Gasteiger partial charge is 0.324 e. The van der Waals surface area contributed by atoms with Crippen molar-refractivity contribution in [1.29, 1.82) is 0 Å². The summed E-state index contributed by atoms with van der Waals surface area (Å²) in [4.78, 5) is 35.7. The maximum absolute atomic E-state index is 13.7. The molecule has 0 saturated heterocycles. The number of carbonyl (C=O) groups excluding carboxylic acids is 3. The van der Waals surface area contributed by atoms with Crippen molar-refractivity contribution < 1.29 is 18.8 Å². The minimum atomic E-state index is -0.612. The van der Waals surface area contributed by atoms with E-state index in [1.165, 1.54) is 24.1 Å². The second-order valence-electron chi connectivity index (χ2n) is 5.92. The zero-order valence-corrected chi connectivity index (χ0v) is 14.5. The number of carbonyl (C=O) groups is 3. The molecule has 3 rings (SSSR count). The van der Waals surface area contributed by atoms with Crippen LogP contribution >= 0.6 is 0 Å². The molecule has 138 valence electrons. The van der Waals surface area contributed by atoms with Crippen molar-refractivity contribution in [2.75, 3.05) is 15.6 Å². The van der Waals surface area contributed by atoms with Crippen molar-refractivity contribution in [2.45, 2.75) is 19.8 Å². The van der Waals surface area contributed by atoms with Crippen molar-refractivity contribution in [3.05, 3.63) is 54.3 Å². The van der Waals surface area contributed by atoms with Gasteiger partial charge in [0.1, 0.15) is 11.5 Å². The number of hydrogen-bond acceptors (Lipinski definition) is 4. The summed E-state index contributed by atoms with van der Waals surface area (Å²) < 4.78 is 13.7. The van der Waals surface area contributed by atoms with E-state index < -0.39 is 17.6 Å². The summed E-state index contributed by atoms with van der Waals surface area (Å²) in [7, 11) is 0. The van der Waals surface area contributed by atoms with Crippen LogP contribution in [0.5, 0.6) is 0 Å². The van der Waals surface area contributed by atoms with Gasteiger partial charge in [0.25, 0.3) is 5.91 Å². The van der Waals surface area contributed by atoms with Crippen molar-refractivity contribution in [3.8, 4) is 0 Å². The molecule has 3 amide bonds. The lowest BCUT2D eigenvalue weighted by molar-refractivity contribution is -0.119. The minimum Gasteiger partial charge on any atom is -0.324 e. The van der Waals surface area contributed by atoms with E-state index in [9.17, 15) is 18.8 Å². The molecule has 0 saturated carbocycles. The molecule has 1 aliphatic rings. The lowest BCUT2D eigenvalue weighted by Gasteiger charge is -2.23. The number of nitrogens with zero attached hydrogens (tertiary/aromatic N) is 2. The standard InChI is InChI=1S/C19H17FN4O3/c1-12(25)21-17-11-13(7-8-15(17)20)22-19(27)16-9-10-18(26)24(23-16)14-5-3-2-4-6-14/h2-8,11H,9-10H2,1H3,(H,21,25)(H,22,27). The third-order valence-corrected chi connectivity index (χ3v) is 3.83. The van der Waals surface area contributed by atoms with Crippen LogP contribution in [0.1, 0.15) is 19.8 Å². The van der Waals surface area contributed by atoms with Gasteiger partial charge in [-0.25, -0.2) is 9.40 Å². The van der Waals surface area contributed by atoms with Crippen LogP contribution in [-0.2, 0) is 14.4 Å². The molecule has 0 aromatic heterocycles. The van der Waals surface area contributed by atoms with Gasteiger partial charge >= 0.3 is 0 Å². The number of amides is 3. The zero-order chi connectivity index (χ0) is 19.4. The van der Waals surface area contributed by atoms with Gasteiger partial charge in [-0.15, -0.1) is 0 Å². The van der Waals surface area contributed by atoms with E-state index in [-0.39, 0.29) is 30.1 Å². The predicted molar refractivity (Wildman–Crippen MR) is 99.9 cm³/mol. The van der Waals surface area contributed by atoms with E-state index in [1.807, 2.05) is 6.07 Å². The van der Waals surface area contributed by atoms with Gasteiger partial charge in [-0.2, -0.15) is 5.10 Å². The summed E-state index contributed by atoms with van der Waals surface area (Å²) in [6.45, 7) is 1.26. The molecule has 2 aromatic rings. The first-order chi connectivity index (χ1) is 12.9. The zero-order valence-electron chi connectivity index (χ0n) is 14.5. The number of hydrogen-bond donors (Lipinski definition) is 2. The molecule has 0 fully saturated rings. The molecule has 0 atom stereocenters. The van der Waals surface area contributed by atoms with E-state index in [1.54, 1.807) is 24.3 Å². The van der Waals surface area contributed by atoms with Crippen molar-refractivity contribution in [1.82, 2.24) is 0 Å². The summed E-state index contributed by atoms with van der Waals surface area (Å²) in [5.41, 5.74) is 1.02. The highest BCUT2D eigenvalue weighted by Gasteiger charge is 2.25. The minimum absolute atomic E-state index is 0.0352. The highest BCUT2D eigenvalue weighted by atomic mass is 19.1. The Bertz CT molecular complexity index is 928. The van der Waals surface area contributed by atoms with E-state index in [4.69, 9.17) is 0 Å². The van der Waals surface area contributed by atoms with Gasteiger partial charge in [0.15, 0.2) is 0 Å². The molecule has 8 heteroatoms. The Kier molecular flexibility index (Phi) is 5.25. The molecule has 7 nitrogen and oxygen atoms in total. The first kappa shape index (κ1) is 18.2. The van der Waals surface area contributed by atoms with Crippen LogP contribution in [0.25, 0.3) is 0 Å². The van der Waals surface area contributed by atoms with Crippen LogP contribution < -0.4 is 15.6 Å². The highest BCUT2D eigenvalue weighted by Crippen LogP contribution is 2.22. The Morgan fingerprint density at radius 2 is 1.81 bits per heavy atom. The van der Waals surface area contributed by atoms with Gasteiger partial charge in [0.05, 0.1) is 11.4 Å². The Hall–Kier alpha value is -3.55. The quantitative estimate of drug-likeness (QED) is 0.869. The van der Waals surface area contributed by atoms with E-state index in [2.05, 4.69) is 15.7 Å².